The average molecular weight is 408 g/mol. The van der Waals surface area contributed by atoms with Crippen molar-refractivity contribution in [2.75, 3.05) is 0 Å². The van der Waals surface area contributed by atoms with Gasteiger partial charge in [0.25, 0.3) is 21.5 Å². The molecular weight excluding hydrogens is 392 g/mol. The van der Waals surface area contributed by atoms with E-state index < -0.39 is 39.0 Å². The molecule has 2 heterocycles. The fourth-order valence-corrected chi connectivity index (χ4v) is 3.08. The van der Waals surface area contributed by atoms with Crippen LogP contribution >= 0.6 is 0 Å². The number of cyclic esters (lactones) is 2. The largest absolute Gasteiger partial charge is 0.419 e. The molecule has 28 heavy (non-hydrogen) atoms. The highest BCUT2D eigenvalue weighted by Crippen LogP contribution is 2.24. The quantitative estimate of drug-likeness (QED) is 0.330. The van der Waals surface area contributed by atoms with Gasteiger partial charge in [-0.1, -0.05) is 0 Å². The van der Waals surface area contributed by atoms with E-state index in [1.165, 1.54) is 26.0 Å². The fraction of sp³-hybridized carbons (Fsp3) is 0.235. The van der Waals surface area contributed by atoms with E-state index in [4.69, 9.17) is 14.0 Å². The van der Waals surface area contributed by atoms with Crippen LogP contribution in [0.25, 0.3) is 11.8 Å². The lowest BCUT2D eigenvalue weighted by molar-refractivity contribution is -0.222. The average Bonchev–Trinajstić information content (AvgIpc) is 2.84. The summed E-state index contributed by atoms with van der Waals surface area (Å²) in [4.78, 5) is 36.5. The molecule has 2 aromatic rings. The number of carbonyl (C=O) groups excluding carboxylic acids is 2. The molecule has 1 aliphatic rings. The first-order chi connectivity index (χ1) is 12.9. The van der Waals surface area contributed by atoms with Crippen LogP contribution in [0, 0.1) is 6.92 Å². The number of benzene rings is 1. The van der Waals surface area contributed by atoms with Crippen LogP contribution in [0.2, 0.25) is 0 Å². The van der Waals surface area contributed by atoms with Crippen LogP contribution < -0.4 is 5.56 Å². The summed E-state index contributed by atoms with van der Waals surface area (Å²) >= 11 is 0. The minimum Gasteiger partial charge on any atom is -0.419 e. The van der Waals surface area contributed by atoms with Crippen molar-refractivity contribution >= 4 is 28.1 Å². The summed E-state index contributed by atoms with van der Waals surface area (Å²) in [7, 11) is -4.37. The number of esters is 2. The van der Waals surface area contributed by atoms with E-state index >= 15 is 0 Å². The molecule has 1 aliphatic heterocycles. The summed E-state index contributed by atoms with van der Waals surface area (Å²) in [6, 6.07) is 4.87. The van der Waals surface area contributed by atoms with Gasteiger partial charge >= 0.3 is 11.9 Å². The van der Waals surface area contributed by atoms with Gasteiger partial charge in [-0.3, -0.25) is 14.4 Å². The number of aromatic amines is 1. The third kappa shape index (κ3) is 3.62. The van der Waals surface area contributed by atoms with Crippen molar-refractivity contribution in [3.8, 4) is 5.69 Å². The lowest BCUT2D eigenvalue weighted by Gasteiger charge is -2.29. The Morgan fingerprint density at radius 1 is 1.07 bits per heavy atom. The summed E-state index contributed by atoms with van der Waals surface area (Å²) in [5.41, 5.74) is -0.355. The highest BCUT2D eigenvalue weighted by molar-refractivity contribution is 7.85. The fourth-order valence-electron chi connectivity index (χ4n) is 2.60. The van der Waals surface area contributed by atoms with Crippen molar-refractivity contribution in [3.63, 3.8) is 0 Å². The molecule has 0 unspecified atom stereocenters. The summed E-state index contributed by atoms with van der Waals surface area (Å²) < 4.78 is 42.3. The van der Waals surface area contributed by atoms with E-state index in [2.05, 4.69) is 5.10 Å². The van der Waals surface area contributed by atoms with Gasteiger partial charge in [-0.05, 0) is 37.3 Å². The first-order valence-corrected chi connectivity index (χ1v) is 9.41. The van der Waals surface area contributed by atoms with Gasteiger partial charge in [0.1, 0.15) is 5.57 Å². The Kier molecular flexibility index (Phi) is 4.52. The summed E-state index contributed by atoms with van der Waals surface area (Å²) in [6.45, 7) is 4.37. The minimum absolute atomic E-state index is 0.0301. The van der Waals surface area contributed by atoms with E-state index in [0.717, 1.165) is 22.9 Å². The molecule has 0 aliphatic carbocycles. The standard InChI is InChI=1S/C17H16N2O8S/c1-9-12(8-13-15(21)26-17(2,3)27-16(13)22)14(20)19(18-9)10-4-6-11(7-5-10)28(23,24)25/h4-8,18H,1-3H3,(H,23,24,25). The number of aromatic nitrogens is 2. The molecule has 0 spiro atoms. The molecule has 1 saturated heterocycles. The minimum atomic E-state index is -4.37. The molecule has 148 valence electrons. The van der Waals surface area contributed by atoms with Crippen molar-refractivity contribution < 1.29 is 32.0 Å². The van der Waals surface area contributed by atoms with Crippen molar-refractivity contribution in [1.29, 1.82) is 0 Å². The molecule has 0 bridgehead atoms. The van der Waals surface area contributed by atoms with Gasteiger partial charge in [-0.15, -0.1) is 0 Å². The van der Waals surface area contributed by atoms with E-state index in [9.17, 15) is 22.8 Å². The maximum Gasteiger partial charge on any atom is 0.348 e. The lowest BCUT2D eigenvalue weighted by Crippen LogP contribution is -2.41. The first kappa shape index (κ1) is 19.6. The maximum atomic E-state index is 12.7. The van der Waals surface area contributed by atoms with Crippen LogP contribution in [0.5, 0.6) is 0 Å². The number of rotatable bonds is 3. The Morgan fingerprint density at radius 2 is 1.61 bits per heavy atom. The number of H-pyrrole nitrogens is 1. The number of nitrogens with zero attached hydrogens (tertiary/aromatic N) is 1. The van der Waals surface area contributed by atoms with Gasteiger partial charge in [0, 0.05) is 19.5 Å². The maximum absolute atomic E-state index is 12.7. The SMILES string of the molecule is Cc1[nH]n(-c2ccc(S(=O)(=O)O)cc2)c(=O)c1C=C1C(=O)OC(C)(C)OC1=O. The second-order valence-electron chi connectivity index (χ2n) is 6.50. The van der Waals surface area contributed by atoms with Crippen molar-refractivity contribution in [1.82, 2.24) is 9.78 Å². The topological polar surface area (TPSA) is 145 Å². The summed E-state index contributed by atoms with van der Waals surface area (Å²) in [6.07, 6.45) is 1.08. The number of carbonyl (C=O) groups is 2. The molecule has 0 atom stereocenters. The number of hydrogen-bond donors (Lipinski definition) is 2. The number of ether oxygens (including phenoxy) is 2. The lowest BCUT2D eigenvalue weighted by atomic mass is 10.1. The van der Waals surface area contributed by atoms with Gasteiger partial charge in [-0.25, -0.2) is 14.3 Å². The molecule has 1 fully saturated rings. The van der Waals surface area contributed by atoms with E-state index in [0.29, 0.717) is 5.69 Å². The third-order valence-electron chi connectivity index (χ3n) is 3.92. The van der Waals surface area contributed by atoms with Gasteiger partial charge < -0.3 is 9.47 Å². The zero-order valence-electron chi connectivity index (χ0n) is 15.0. The number of nitrogens with one attached hydrogen (secondary N) is 1. The molecule has 0 amide bonds. The highest BCUT2D eigenvalue weighted by atomic mass is 32.2. The Labute approximate surface area is 159 Å². The number of hydrogen-bond acceptors (Lipinski definition) is 7. The Hall–Kier alpha value is -3.18. The van der Waals surface area contributed by atoms with E-state index in [-0.39, 0.29) is 16.1 Å². The molecule has 0 saturated carbocycles. The molecule has 1 aromatic carbocycles. The molecule has 10 nitrogen and oxygen atoms in total. The molecular formula is C17H16N2O8S. The Balaban J connectivity index is 2.03. The Bertz CT molecular complexity index is 1140. The monoisotopic (exact) mass is 408 g/mol. The molecule has 11 heteroatoms. The first-order valence-electron chi connectivity index (χ1n) is 7.97. The van der Waals surface area contributed by atoms with Gasteiger partial charge in [0.15, 0.2) is 0 Å². The van der Waals surface area contributed by atoms with Crippen molar-refractivity contribution in [2.24, 2.45) is 0 Å². The van der Waals surface area contributed by atoms with Crippen LogP contribution in [0.4, 0.5) is 0 Å². The second-order valence-corrected chi connectivity index (χ2v) is 7.92. The van der Waals surface area contributed by atoms with E-state index in [1.807, 2.05) is 0 Å². The van der Waals surface area contributed by atoms with Crippen molar-refractivity contribution in [2.45, 2.75) is 31.5 Å². The van der Waals surface area contributed by atoms with Gasteiger partial charge in [-0.2, -0.15) is 8.42 Å². The van der Waals surface area contributed by atoms with Crippen molar-refractivity contribution in [3.05, 3.63) is 51.4 Å². The second kappa shape index (κ2) is 6.46. The van der Waals surface area contributed by atoms with Gasteiger partial charge in [0.2, 0.25) is 0 Å². The zero-order chi connectivity index (χ0) is 20.9. The Morgan fingerprint density at radius 3 is 2.11 bits per heavy atom. The molecule has 3 rings (SSSR count). The smallest absolute Gasteiger partial charge is 0.348 e. The summed E-state index contributed by atoms with van der Waals surface area (Å²) in [5.74, 6) is -3.22. The van der Waals surface area contributed by atoms with Crippen LogP contribution in [-0.2, 0) is 29.2 Å². The highest BCUT2D eigenvalue weighted by Gasteiger charge is 2.39. The third-order valence-corrected chi connectivity index (χ3v) is 4.78. The molecule has 2 N–H and O–H groups in total. The van der Waals surface area contributed by atoms with Gasteiger partial charge in [0.05, 0.1) is 16.1 Å². The number of aryl methyl sites for hydroxylation is 1. The van der Waals surface area contributed by atoms with E-state index in [1.54, 1.807) is 6.92 Å². The predicted octanol–water partition coefficient (Wildman–Crippen LogP) is 0.940. The van der Waals surface area contributed by atoms with Crippen LogP contribution in [0.15, 0.2) is 39.5 Å². The predicted molar refractivity (Wildman–Crippen MR) is 95.2 cm³/mol. The summed E-state index contributed by atoms with van der Waals surface area (Å²) in [5, 5.41) is 2.77. The van der Waals surface area contributed by atoms with Crippen LogP contribution in [0.1, 0.15) is 25.1 Å². The molecule has 1 aromatic heterocycles. The normalized spacial score (nSPS) is 16.5. The zero-order valence-corrected chi connectivity index (χ0v) is 15.9. The van der Waals surface area contributed by atoms with Crippen LogP contribution in [-0.4, -0.2) is 40.5 Å². The molecule has 0 radical (unpaired) electrons. The van der Waals surface area contributed by atoms with Crippen LogP contribution in [0.3, 0.4) is 0 Å².